The number of methoxy groups -OCH3 is 1. The van der Waals surface area contributed by atoms with Crippen molar-refractivity contribution in [1.29, 1.82) is 0 Å². The zero-order chi connectivity index (χ0) is 25.9. The first kappa shape index (κ1) is 25.3. The smallest absolute Gasteiger partial charge is 0.327 e. The lowest BCUT2D eigenvalue weighted by molar-refractivity contribution is 0.250. The van der Waals surface area contributed by atoms with Gasteiger partial charge in [0.25, 0.3) is 10.0 Å². The van der Waals surface area contributed by atoms with E-state index in [0.717, 1.165) is 11.8 Å². The number of carbonyl (C=O) groups excluding carboxylic acids is 1. The summed E-state index contributed by atoms with van der Waals surface area (Å²) in [5.41, 5.74) is 1.76. The van der Waals surface area contributed by atoms with Crippen LogP contribution in [0, 0.1) is 0 Å². The molecule has 2 amide bonds. The summed E-state index contributed by atoms with van der Waals surface area (Å²) in [5.74, 6) is 0.480. The third-order valence-electron chi connectivity index (χ3n) is 5.02. The number of hydrogen-bond acceptors (Lipinski definition) is 7. The first-order valence-corrected chi connectivity index (χ1v) is 12.5. The largest absolute Gasteiger partial charge is 0.495 e. The maximum atomic E-state index is 12.9. The molecule has 2 N–H and O–H groups in total. The highest BCUT2D eigenvalue weighted by Crippen LogP contribution is 2.41. The van der Waals surface area contributed by atoms with E-state index in [2.05, 4.69) is 24.7 Å². The van der Waals surface area contributed by atoms with E-state index in [0.29, 0.717) is 27.0 Å². The number of rotatable bonds is 7. The number of benzene rings is 2. The minimum atomic E-state index is -3.98. The van der Waals surface area contributed by atoms with Gasteiger partial charge in [-0.1, -0.05) is 40.5 Å². The Bertz CT molecular complexity index is 1480. The molecule has 4 rings (SSSR count). The molecule has 13 heteroatoms. The zero-order valence-electron chi connectivity index (χ0n) is 18.9. The molecular formula is C23H19Cl2N5O5S. The summed E-state index contributed by atoms with van der Waals surface area (Å²) in [4.78, 5) is 18.2. The van der Waals surface area contributed by atoms with Crippen molar-refractivity contribution < 1.29 is 22.5 Å². The molecule has 10 nitrogen and oxygen atoms in total. The lowest BCUT2D eigenvalue weighted by Crippen LogP contribution is -2.35. The SMILES string of the molecule is CNC(=O)N(c1ccc(S(=O)(=O)Nc2ccon2)cn1)c1cc(Cl)c(-c2ccc(Cl)cc2)cc1OC. The van der Waals surface area contributed by atoms with E-state index in [1.165, 1.54) is 43.5 Å². The van der Waals surface area contributed by atoms with Crippen LogP contribution in [0.15, 0.2) is 76.5 Å². The minimum Gasteiger partial charge on any atom is -0.495 e. The molecule has 2 heterocycles. The summed E-state index contributed by atoms with van der Waals surface area (Å²) in [6.07, 6.45) is 2.35. The van der Waals surface area contributed by atoms with E-state index in [9.17, 15) is 13.2 Å². The van der Waals surface area contributed by atoms with Gasteiger partial charge >= 0.3 is 6.03 Å². The number of ether oxygens (including phenoxy) is 1. The van der Waals surface area contributed by atoms with Crippen LogP contribution >= 0.6 is 23.2 Å². The molecule has 0 radical (unpaired) electrons. The third-order valence-corrected chi connectivity index (χ3v) is 6.92. The molecule has 0 aliphatic rings. The molecule has 4 aromatic rings. The molecule has 0 fully saturated rings. The van der Waals surface area contributed by atoms with Gasteiger partial charge in [0.05, 0.1) is 17.8 Å². The van der Waals surface area contributed by atoms with Gasteiger partial charge in [0.15, 0.2) is 5.82 Å². The van der Waals surface area contributed by atoms with Crippen LogP contribution in [0.25, 0.3) is 11.1 Å². The van der Waals surface area contributed by atoms with Crippen molar-refractivity contribution in [3.63, 3.8) is 0 Å². The Labute approximate surface area is 216 Å². The highest BCUT2D eigenvalue weighted by atomic mass is 35.5. The quantitative estimate of drug-likeness (QED) is 0.320. The van der Waals surface area contributed by atoms with Crippen molar-refractivity contribution >= 4 is 56.6 Å². The first-order valence-electron chi connectivity index (χ1n) is 10.3. The number of sulfonamides is 1. The molecule has 2 aromatic carbocycles. The summed E-state index contributed by atoms with van der Waals surface area (Å²) >= 11 is 12.6. The Hall–Kier alpha value is -3.80. The van der Waals surface area contributed by atoms with Gasteiger partial charge in [-0.2, -0.15) is 0 Å². The molecule has 0 atom stereocenters. The molecule has 2 aromatic heterocycles. The molecule has 0 aliphatic carbocycles. The van der Waals surface area contributed by atoms with Crippen LogP contribution in [0.1, 0.15) is 0 Å². The molecule has 36 heavy (non-hydrogen) atoms. The van der Waals surface area contributed by atoms with Crippen molar-refractivity contribution in [1.82, 2.24) is 15.5 Å². The molecule has 0 spiro atoms. The zero-order valence-corrected chi connectivity index (χ0v) is 21.2. The summed E-state index contributed by atoms with van der Waals surface area (Å²) in [5, 5.41) is 7.00. The number of amides is 2. The van der Waals surface area contributed by atoms with Crippen LogP contribution in [0.3, 0.4) is 0 Å². The fourth-order valence-electron chi connectivity index (χ4n) is 3.31. The maximum Gasteiger partial charge on any atom is 0.327 e. The van der Waals surface area contributed by atoms with Crippen LogP contribution in [0.4, 0.5) is 22.1 Å². The monoisotopic (exact) mass is 547 g/mol. The standard InChI is InChI=1S/C23H19Cl2N5O5S/c1-26-23(31)30(22-8-7-16(13-27-22)36(32,33)29-21-9-10-35-28-21)19-12-18(25)17(11-20(19)34-2)14-3-5-15(24)6-4-14/h3-13H,1-2H3,(H,26,31)(H,28,29). The Morgan fingerprint density at radius 2 is 1.83 bits per heavy atom. The second-order valence-electron chi connectivity index (χ2n) is 7.24. The predicted molar refractivity (Wildman–Crippen MR) is 137 cm³/mol. The summed E-state index contributed by atoms with van der Waals surface area (Å²) in [6.45, 7) is 0. The number of aromatic nitrogens is 2. The molecule has 0 bridgehead atoms. The van der Waals surface area contributed by atoms with Crippen LogP contribution < -0.4 is 19.7 Å². The normalized spacial score (nSPS) is 11.1. The lowest BCUT2D eigenvalue weighted by Gasteiger charge is -2.24. The van der Waals surface area contributed by atoms with Gasteiger partial charge in [-0.25, -0.2) is 23.1 Å². The number of nitrogens with zero attached hydrogens (tertiary/aromatic N) is 3. The van der Waals surface area contributed by atoms with E-state index < -0.39 is 16.1 Å². The minimum absolute atomic E-state index is 0.0196. The average Bonchev–Trinajstić information content (AvgIpc) is 3.37. The Morgan fingerprint density at radius 3 is 2.42 bits per heavy atom. The van der Waals surface area contributed by atoms with E-state index in [1.54, 1.807) is 24.3 Å². The van der Waals surface area contributed by atoms with Crippen molar-refractivity contribution in [2.24, 2.45) is 0 Å². The van der Waals surface area contributed by atoms with Crippen LogP contribution in [-0.2, 0) is 10.0 Å². The van der Waals surface area contributed by atoms with E-state index in [-0.39, 0.29) is 16.5 Å². The average molecular weight is 548 g/mol. The second kappa shape index (κ2) is 10.4. The Morgan fingerprint density at radius 1 is 1.08 bits per heavy atom. The van der Waals surface area contributed by atoms with Gasteiger partial charge in [-0.05, 0) is 42.0 Å². The van der Waals surface area contributed by atoms with Crippen molar-refractivity contribution in [3.05, 3.63) is 77.1 Å². The van der Waals surface area contributed by atoms with Crippen LogP contribution in [0.5, 0.6) is 5.75 Å². The summed E-state index contributed by atoms with van der Waals surface area (Å²) < 4.78 is 37.7. The van der Waals surface area contributed by atoms with Gasteiger partial charge in [-0.15, -0.1) is 0 Å². The van der Waals surface area contributed by atoms with Crippen LogP contribution in [-0.4, -0.2) is 38.7 Å². The first-order chi connectivity index (χ1) is 17.2. The highest BCUT2D eigenvalue weighted by Gasteiger charge is 2.25. The lowest BCUT2D eigenvalue weighted by atomic mass is 10.0. The predicted octanol–water partition coefficient (Wildman–Crippen LogP) is 5.33. The number of carbonyl (C=O) groups is 1. The topological polar surface area (TPSA) is 127 Å². The van der Waals surface area contributed by atoms with Gasteiger partial charge < -0.3 is 14.6 Å². The fourth-order valence-corrected chi connectivity index (χ4v) is 4.64. The van der Waals surface area contributed by atoms with Crippen molar-refractivity contribution in [2.75, 3.05) is 23.8 Å². The van der Waals surface area contributed by atoms with Crippen LogP contribution in [0.2, 0.25) is 10.0 Å². The van der Waals surface area contributed by atoms with E-state index >= 15 is 0 Å². The number of anilines is 3. The number of halogens is 2. The number of urea groups is 1. The van der Waals surface area contributed by atoms with E-state index in [1.807, 2.05) is 12.1 Å². The molecule has 186 valence electrons. The third kappa shape index (κ3) is 5.23. The number of nitrogens with one attached hydrogen (secondary N) is 2. The maximum absolute atomic E-state index is 12.9. The Kier molecular flexibility index (Phi) is 7.34. The molecule has 0 saturated carbocycles. The van der Waals surface area contributed by atoms with Crippen molar-refractivity contribution in [2.45, 2.75) is 4.90 Å². The molecular weight excluding hydrogens is 529 g/mol. The summed E-state index contributed by atoms with van der Waals surface area (Å²) in [6, 6.07) is 13.9. The molecule has 0 aliphatic heterocycles. The Balaban J connectivity index is 1.73. The van der Waals surface area contributed by atoms with Gasteiger partial charge in [0.1, 0.15) is 22.7 Å². The molecule has 0 saturated heterocycles. The number of pyridine rings is 1. The number of hydrogen-bond donors (Lipinski definition) is 2. The van der Waals surface area contributed by atoms with E-state index in [4.69, 9.17) is 27.9 Å². The highest BCUT2D eigenvalue weighted by molar-refractivity contribution is 7.92. The fraction of sp³-hybridized carbons (Fsp3) is 0.0870. The van der Waals surface area contributed by atoms with Crippen molar-refractivity contribution in [3.8, 4) is 16.9 Å². The second-order valence-corrected chi connectivity index (χ2v) is 9.77. The van der Waals surface area contributed by atoms with Gasteiger partial charge in [-0.3, -0.25) is 4.72 Å². The van der Waals surface area contributed by atoms with Gasteiger partial charge in [0.2, 0.25) is 0 Å². The molecule has 0 unspecified atom stereocenters. The van der Waals surface area contributed by atoms with Gasteiger partial charge in [0, 0.05) is 29.9 Å². The summed E-state index contributed by atoms with van der Waals surface area (Å²) in [7, 11) is -1.08.